The number of carboxylic acids is 1. The highest BCUT2D eigenvalue weighted by molar-refractivity contribution is 6.44. The summed E-state index contributed by atoms with van der Waals surface area (Å²) in [6.45, 7) is 1.56. The Bertz CT molecular complexity index is 936. The van der Waals surface area contributed by atoms with Gasteiger partial charge in [0.05, 0.1) is 16.0 Å². The molecule has 6 atom stereocenters. The molecule has 1 fully saturated rings. The number of aliphatic carboxylic acids is 1. The zero-order valence-corrected chi connectivity index (χ0v) is 21.6. The highest BCUT2D eigenvalue weighted by Gasteiger charge is 2.46. The number of carboxylic acid groups (broad SMARTS) is 1. The second-order valence-corrected chi connectivity index (χ2v) is 10.2. The van der Waals surface area contributed by atoms with Crippen LogP contribution in [0.2, 0.25) is 0 Å². The second kappa shape index (κ2) is 13.0. The van der Waals surface area contributed by atoms with Crippen molar-refractivity contribution in [3.05, 3.63) is 22.2 Å². The number of aliphatic imine (C=N–C) groups is 1. The van der Waals surface area contributed by atoms with E-state index in [-0.39, 0.29) is 37.1 Å². The van der Waals surface area contributed by atoms with Gasteiger partial charge in [0.1, 0.15) is 17.8 Å². The maximum absolute atomic E-state index is 14.4. The number of carbonyl (C=O) groups excluding carboxylic acids is 1. The van der Waals surface area contributed by atoms with Crippen molar-refractivity contribution in [2.75, 3.05) is 7.05 Å². The van der Waals surface area contributed by atoms with Crippen molar-refractivity contribution < 1.29 is 32.3 Å². The third kappa shape index (κ3) is 8.30. The number of amides is 1. The number of rotatable bonds is 8. The summed E-state index contributed by atoms with van der Waals surface area (Å²) in [4.78, 5) is 27.8. The van der Waals surface area contributed by atoms with Gasteiger partial charge in [-0.3, -0.25) is 14.6 Å². The number of hydrogen-bond acceptors (Lipinski definition) is 4. The molecule has 1 saturated carbocycles. The van der Waals surface area contributed by atoms with Gasteiger partial charge in [-0.05, 0) is 63.7 Å². The summed E-state index contributed by atoms with van der Waals surface area (Å²) >= 11 is 11.9. The summed E-state index contributed by atoms with van der Waals surface area (Å²) in [5.74, 6) is -5.67. The molecule has 0 saturated heterocycles. The Morgan fingerprint density at radius 1 is 1.22 bits per heavy atom. The molecule has 3 N–H and O–H groups in total. The molecule has 0 aromatic rings. The van der Waals surface area contributed by atoms with Crippen LogP contribution >= 0.6 is 23.2 Å². The van der Waals surface area contributed by atoms with Crippen molar-refractivity contribution in [2.45, 2.75) is 70.3 Å². The SMILES string of the molecule is CN=C(C(C(=N)CC1C=C(Cl)C(Cl)=CC1)C(=O)NC(C)C1CCC(C(=O)O)CCC(F)C1)C(F)(F)F. The molecule has 0 aromatic carbocycles. The van der Waals surface area contributed by atoms with Gasteiger partial charge in [-0.25, -0.2) is 4.39 Å². The van der Waals surface area contributed by atoms with E-state index in [1.54, 1.807) is 19.1 Å². The molecule has 36 heavy (non-hydrogen) atoms. The summed E-state index contributed by atoms with van der Waals surface area (Å²) in [7, 11) is 0.911. The fourth-order valence-electron chi connectivity index (χ4n) is 4.75. The smallest absolute Gasteiger partial charge is 0.430 e. The summed E-state index contributed by atoms with van der Waals surface area (Å²) < 4.78 is 55.7. The minimum atomic E-state index is -4.95. The lowest BCUT2D eigenvalue weighted by molar-refractivity contribution is -0.142. The lowest BCUT2D eigenvalue weighted by Crippen LogP contribution is -2.50. The first-order valence-electron chi connectivity index (χ1n) is 11.8. The highest BCUT2D eigenvalue weighted by Crippen LogP contribution is 2.33. The minimum Gasteiger partial charge on any atom is -0.481 e. The Kier molecular flexibility index (Phi) is 11.0. The van der Waals surface area contributed by atoms with Crippen molar-refractivity contribution in [1.82, 2.24) is 5.32 Å². The van der Waals surface area contributed by atoms with Gasteiger partial charge >= 0.3 is 12.1 Å². The molecular formula is C24H31Cl2F4N3O3. The monoisotopic (exact) mass is 555 g/mol. The molecular weight excluding hydrogens is 525 g/mol. The van der Waals surface area contributed by atoms with Crippen LogP contribution in [0, 0.1) is 29.1 Å². The summed E-state index contributed by atoms with van der Waals surface area (Å²) in [5.41, 5.74) is -1.88. The van der Waals surface area contributed by atoms with Gasteiger partial charge in [-0.1, -0.05) is 35.4 Å². The van der Waals surface area contributed by atoms with Crippen LogP contribution in [0.15, 0.2) is 27.2 Å². The Hall–Kier alpha value is -1.94. The van der Waals surface area contributed by atoms with Crippen LogP contribution in [-0.2, 0) is 9.59 Å². The molecule has 2 rings (SSSR count). The maximum Gasteiger partial charge on any atom is 0.430 e. The molecule has 1 amide bonds. The van der Waals surface area contributed by atoms with E-state index in [2.05, 4.69) is 10.3 Å². The van der Waals surface area contributed by atoms with E-state index in [9.17, 15) is 32.3 Å². The van der Waals surface area contributed by atoms with Gasteiger partial charge in [0.15, 0.2) is 0 Å². The van der Waals surface area contributed by atoms with E-state index in [0.29, 0.717) is 17.9 Å². The topological polar surface area (TPSA) is 103 Å². The van der Waals surface area contributed by atoms with Crippen LogP contribution in [0.1, 0.15) is 51.9 Å². The van der Waals surface area contributed by atoms with Crippen LogP contribution in [0.25, 0.3) is 0 Å². The highest BCUT2D eigenvalue weighted by atomic mass is 35.5. The molecule has 0 aromatic heterocycles. The van der Waals surface area contributed by atoms with Crippen molar-refractivity contribution in [2.24, 2.45) is 28.7 Å². The number of hydrogen-bond donors (Lipinski definition) is 3. The largest absolute Gasteiger partial charge is 0.481 e. The predicted molar refractivity (Wildman–Crippen MR) is 131 cm³/mol. The van der Waals surface area contributed by atoms with Crippen LogP contribution < -0.4 is 5.32 Å². The molecule has 6 unspecified atom stereocenters. The summed E-state index contributed by atoms with van der Waals surface area (Å²) in [6, 6.07) is -0.740. The van der Waals surface area contributed by atoms with E-state index in [1.165, 1.54) is 0 Å². The van der Waals surface area contributed by atoms with Gasteiger partial charge in [0, 0.05) is 18.8 Å². The minimum absolute atomic E-state index is 0.0579. The zero-order chi connectivity index (χ0) is 27.2. The lowest BCUT2D eigenvalue weighted by atomic mass is 9.81. The van der Waals surface area contributed by atoms with E-state index in [1.807, 2.05) is 0 Å². The average molecular weight is 556 g/mol. The Morgan fingerprint density at radius 2 is 1.86 bits per heavy atom. The van der Waals surface area contributed by atoms with E-state index < -0.39 is 65.4 Å². The number of nitrogens with zero attached hydrogens (tertiary/aromatic N) is 1. The first kappa shape index (κ1) is 30.3. The van der Waals surface area contributed by atoms with E-state index >= 15 is 0 Å². The first-order chi connectivity index (χ1) is 16.7. The van der Waals surface area contributed by atoms with Crippen molar-refractivity contribution in [1.29, 1.82) is 5.41 Å². The van der Waals surface area contributed by atoms with Crippen LogP contribution in [0.5, 0.6) is 0 Å². The average Bonchev–Trinajstić information content (AvgIpc) is 2.75. The number of halogens is 6. The molecule has 12 heteroatoms. The van der Waals surface area contributed by atoms with Gasteiger partial charge in [0.25, 0.3) is 0 Å². The van der Waals surface area contributed by atoms with Crippen molar-refractivity contribution >= 4 is 46.5 Å². The first-order valence-corrected chi connectivity index (χ1v) is 12.5. The van der Waals surface area contributed by atoms with Crippen molar-refractivity contribution in [3.8, 4) is 0 Å². The van der Waals surface area contributed by atoms with Gasteiger partial charge < -0.3 is 15.8 Å². The van der Waals surface area contributed by atoms with E-state index in [0.717, 1.165) is 7.05 Å². The molecule has 2 aliphatic carbocycles. The molecule has 0 radical (unpaired) electrons. The molecule has 2 aliphatic rings. The molecule has 0 spiro atoms. The third-order valence-electron chi connectivity index (χ3n) is 6.81. The van der Waals surface area contributed by atoms with Crippen LogP contribution in [0.3, 0.4) is 0 Å². The van der Waals surface area contributed by atoms with Crippen LogP contribution in [-0.4, -0.2) is 53.8 Å². The van der Waals surface area contributed by atoms with Gasteiger partial charge in [-0.2, -0.15) is 13.2 Å². The predicted octanol–water partition coefficient (Wildman–Crippen LogP) is 6.03. The number of nitrogens with one attached hydrogen (secondary N) is 2. The Balaban J connectivity index is 2.22. The maximum atomic E-state index is 14.4. The summed E-state index contributed by atoms with van der Waals surface area (Å²) in [5, 5.41) is 20.8. The quantitative estimate of drug-likeness (QED) is 0.251. The molecule has 0 heterocycles. The number of allylic oxidation sites excluding steroid dienone is 4. The third-order valence-corrected chi connectivity index (χ3v) is 7.59. The van der Waals surface area contributed by atoms with Gasteiger partial charge in [0.2, 0.25) is 5.91 Å². The Labute approximate surface area is 217 Å². The molecule has 0 aliphatic heterocycles. The number of carbonyl (C=O) groups is 2. The van der Waals surface area contributed by atoms with Crippen LogP contribution in [0.4, 0.5) is 17.6 Å². The normalized spacial score (nSPS) is 27.6. The molecule has 0 bridgehead atoms. The fourth-order valence-corrected chi connectivity index (χ4v) is 5.16. The molecule has 202 valence electrons. The second-order valence-electron chi connectivity index (χ2n) is 9.41. The van der Waals surface area contributed by atoms with Gasteiger partial charge in [-0.15, -0.1) is 0 Å². The lowest BCUT2D eigenvalue weighted by Gasteiger charge is -2.31. The Morgan fingerprint density at radius 3 is 2.42 bits per heavy atom. The zero-order valence-electron chi connectivity index (χ0n) is 20.0. The number of alkyl halides is 4. The fraction of sp³-hybridized carbons (Fsp3) is 0.667. The van der Waals surface area contributed by atoms with E-state index in [4.69, 9.17) is 28.6 Å². The van der Waals surface area contributed by atoms with Crippen molar-refractivity contribution in [3.63, 3.8) is 0 Å². The summed E-state index contributed by atoms with van der Waals surface area (Å²) in [6.07, 6.45) is -2.00. The standard InChI is InChI=1S/C24H31Cl2F4N3O3/c1-12(15-5-4-14(23(35)36)6-7-16(27)11-15)33-22(34)20(21(32-2)24(28,29)30)19(31)10-13-3-8-17(25)18(26)9-13/h8-9,12-16,20,31H,3-7,10-11H2,1-2H3,(H,33,34)(H,35,36). The molecule has 6 nitrogen and oxygen atoms in total.